The summed E-state index contributed by atoms with van der Waals surface area (Å²) in [7, 11) is 0. The van der Waals surface area contributed by atoms with Crippen molar-refractivity contribution in [3.63, 3.8) is 0 Å². The summed E-state index contributed by atoms with van der Waals surface area (Å²) in [5.41, 5.74) is -3.27. The molecular formula is C20H14F6N2OS. The van der Waals surface area contributed by atoms with E-state index in [4.69, 9.17) is 17.0 Å². The molecule has 0 bridgehead atoms. The Bertz CT molecular complexity index is 962. The molecule has 1 aliphatic heterocycles. The van der Waals surface area contributed by atoms with Gasteiger partial charge in [-0.15, -0.1) is 0 Å². The van der Waals surface area contributed by atoms with E-state index in [1.165, 1.54) is 0 Å². The molecule has 30 heavy (non-hydrogen) atoms. The lowest BCUT2D eigenvalue weighted by atomic mass is 9.92. The van der Waals surface area contributed by atoms with Crippen molar-refractivity contribution in [1.29, 1.82) is 0 Å². The van der Waals surface area contributed by atoms with Crippen LogP contribution in [0.25, 0.3) is 0 Å². The number of halogens is 6. The second kappa shape index (κ2) is 8.07. The lowest BCUT2D eigenvalue weighted by Gasteiger charge is -2.22. The van der Waals surface area contributed by atoms with E-state index in [1.807, 2.05) is 6.07 Å². The van der Waals surface area contributed by atoms with E-state index in [-0.39, 0.29) is 11.6 Å². The van der Waals surface area contributed by atoms with Crippen LogP contribution in [-0.2, 0) is 29.2 Å². The molecule has 2 aromatic rings. The molecule has 1 aliphatic rings. The highest BCUT2D eigenvalue weighted by Gasteiger charge is 2.37. The Hall–Kier alpha value is -2.93. The van der Waals surface area contributed by atoms with Gasteiger partial charge in [-0.3, -0.25) is 0 Å². The highest BCUT2D eigenvalue weighted by atomic mass is 32.1. The van der Waals surface area contributed by atoms with Gasteiger partial charge < -0.3 is 15.4 Å². The van der Waals surface area contributed by atoms with Gasteiger partial charge in [0.15, 0.2) is 5.11 Å². The fourth-order valence-corrected chi connectivity index (χ4v) is 3.13. The number of benzene rings is 2. The number of hydrogen-bond donors (Lipinski definition) is 2. The number of rotatable bonds is 3. The molecule has 0 aliphatic carbocycles. The van der Waals surface area contributed by atoms with Crippen LogP contribution in [0.15, 0.2) is 48.5 Å². The average molecular weight is 444 g/mol. The Morgan fingerprint density at radius 2 is 1.57 bits per heavy atom. The minimum absolute atomic E-state index is 0.0641. The third-order valence-corrected chi connectivity index (χ3v) is 4.58. The second-order valence-electron chi connectivity index (χ2n) is 6.51. The molecule has 0 unspecified atom stereocenters. The van der Waals surface area contributed by atoms with Gasteiger partial charge in [0, 0.05) is 0 Å². The third-order valence-electron chi connectivity index (χ3n) is 4.33. The fourth-order valence-electron chi connectivity index (χ4n) is 2.88. The maximum absolute atomic E-state index is 12.9. The molecule has 1 atom stereocenters. The van der Waals surface area contributed by atoms with Gasteiger partial charge in [0.05, 0.1) is 17.7 Å². The van der Waals surface area contributed by atoms with Crippen LogP contribution in [0.1, 0.15) is 22.3 Å². The van der Waals surface area contributed by atoms with E-state index in [0.29, 0.717) is 23.8 Å². The van der Waals surface area contributed by atoms with Crippen LogP contribution in [0.2, 0.25) is 0 Å². The summed E-state index contributed by atoms with van der Waals surface area (Å²) in [6, 6.07) is 10.3. The molecule has 158 valence electrons. The fraction of sp³-hybridized carbons (Fsp3) is 0.250. The van der Waals surface area contributed by atoms with Crippen molar-refractivity contribution in [3.8, 4) is 12.0 Å². The van der Waals surface area contributed by atoms with Gasteiger partial charge in [-0.1, -0.05) is 30.3 Å². The number of alkyl halides is 6. The van der Waals surface area contributed by atoms with Crippen LogP contribution in [0, 0.1) is 12.0 Å². The lowest BCUT2D eigenvalue weighted by Crippen LogP contribution is -2.39. The molecule has 0 radical (unpaired) electrons. The van der Waals surface area contributed by atoms with Gasteiger partial charge in [0.25, 0.3) is 0 Å². The largest absolute Gasteiger partial charge is 0.442 e. The Kier molecular flexibility index (Phi) is 5.85. The Labute approximate surface area is 173 Å². The van der Waals surface area contributed by atoms with Crippen LogP contribution in [0.4, 0.5) is 26.3 Å². The van der Waals surface area contributed by atoms with Crippen molar-refractivity contribution >= 4 is 17.3 Å². The normalized spacial score (nSPS) is 18.8. The molecule has 10 heteroatoms. The predicted octanol–water partition coefficient (Wildman–Crippen LogP) is 4.57. The number of thiocarbonyl (C=S) groups is 1. The standard InChI is InChI=1S/C20H14F6N2OS/c21-19(22,23)15-8-13(9-16(10-15)20(24,25)26)11-29-7-6-18(12-27-17(30)28-18)14-4-2-1-3-5-14/h1-5,8-10H,11-12H2,(H2,27,28,30)/t18-/m0/s1. The van der Waals surface area contributed by atoms with Gasteiger partial charge in [0.2, 0.25) is 0 Å². The SMILES string of the molecule is FC(F)(F)c1cc(COC#C[C@@]2(c3ccccc3)CNC(=S)N2)cc(C(F)(F)F)c1. The summed E-state index contributed by atoms with van der Waals surface area (Å²) >= 11 is 5.08. The number of nitrogens with one attached hydrogen (secondary N) is 2. The predicted molar refractivity (Wildman–Crippen MR) is 101 cm³/mol. The Morgan fingerprint density at radius 1 is 0.967 bits per heavy atom. The zero-order chi connectivity index (χ0) is 22.0. The number of hydrogen-bond acceptors (Lipinski definition) is 2. The quantitative estimate of drug-likeness (QED) is 0.413. The Morgan fingerprint density at radius 3 is 2.07 bits per heavy atom. The first-order valence-electron chi connectivity index (χ1n) is 8.53. The van der Waals surface area contributed by atoms with Crippen molar-refractivity contribution in [2.45, 2.75) is 24.5 Å². The van der Waals surface area contributed by atoms with Crippen molar-refractivity contribution < 1.29 is 31.1 Å². The molecule has 2 N–H and O–H groups in total. The molecule has 2 aromatic carbocycles. The summed E-state index contributed by atoms with van der Waals surface area (Å²) in [4.78, 5) is 0. The van der Waals surface area contributed by atoms with Gasteiger partial charge in [-0.25, -0.2) is 0 Å². The van der Waals surface area contributed by atoms with Crippen molar-refractivity contribution in [2.24, 2.45) is 0 Å². The monoisotopic (exact) mass is 444 g/mol. The maximum Gasteiger partial charge on any atom is 0.416 e. The maximum atomic E-state index is 12.9. The van der Waals surface area contributed by atoms with Crippen LogP contribution < -0.4 is 10.6 Å². The van der Waals surface area contributed by atoms with E-state index < -0.39 is 35.6 Å². The van der Waals surface area contributed by atoms with Crippen molar-refractivity contribution in [3.05, 3.63) is 70.8 Å². The van der Waals surface area contributed by atoms with Crippen LogP contribution in [0.3, 0.4) is 0 Å². The summed E-state index contributed by atoms with van der Waals surface area (Å²) in [6.45, 7) is -0.239. The van der Waals surface area contributed by atoms with E-state index >= 15 is 0 Å². The van der Waals surface area contributed by atoms with Crippen molar-refractivity contribution in [2.75, 3.05) is 6.54 Å². The highest BCUT2D eigenvalue weighted by Crippen LogP contribution is 2.36. The zero-order valence-electron chi connectivity index (χ0n) is 15.1. The Balaban J connectivity index is 1.83. The van der Waals surface area contributed by atoms with E-state index in [9.17, 15) is 26.3 Å². The molecule has 1 heterocycles. The lowest BCUT2D eigenvalue weighted by molar-refractivity contribution is -0.143. The van der Waals surface area contributed by atoms with Crippen LogP contribution >= 0.6 is 12.2 Å². The molecular weight excluding hydrogens is 430 g/mol. The molecule has 0 spiro atoms. The first kappa shape index (κ1) is 21.8. The van der Waals surface area contributed by atoms with Gasteiger partial charge in [-0.2, -0.15) is 26.3 Å². The summed E-state index contributed by atoms with van der Waals surface area (Å²) in [5, 5.41) is 6.30. The molecule has 0 saturated carbocycles. The first-order chi connectivity index (χ1) is 14.0. The molecule has 0 amide bonds. The van der Waals surface area contributed by atoms with Crippen LogP contribution in [-0.4, -0.2) is 11.7 Å². The van der Waals surface area contributed by atoms with E-state index in [2.05, 4.69) is 22.7 Å². The topological polar surface area (TPSA) is 33.3 Å². The highest BCUT2D eigenvalue weighted by molar-refractivity contribution is 7.80. The molecule has 1 fully saturated rings. The van der Waals surface area contributed by atoms with Crippen LogP contribution in [0.5, 0.6) is 0 Å². The zero-order valence-corrected chi connectivity index (χ0v) is 15.9. The van der Waals surface area contributed by atoms with Gasteiger partial charge >= 0.3 is 12.4 Å². The molecule has 3 nitrogen and oxygen atoms in total. The summed E-state index contributed by atoms with van der Waals surface area (Å²) in [6.07, 6.45) is -7.47. The van der Waals surface area contributed by atoms with Crippen molar-refractivity contribution in [1.82, 2.24) is 10.6 Å². The minimum atomic E-state index is -4.92. The second-order valence-corrected chi connectivity index (χ2v) is 6.92. The molecule has 3 rings (SSSR count). The van der Waals surface area contributed by atoms with E-state index in [0.717, 1.165) is 5.56 Å². The van der Waals surface area contributed by atoms with Gasteiger partial charge in [-0.05, 0) is 47.5 Å². The minimum Gasteiger partial charge on any atom is -0.442 e. The van der Waals surface area contributed by atoms with E-state index in [1.54, 1.807) is 24.3 Å². The van der Waals surface area contributed by atoms with Gasteiger partial charge in [0.1, 0.15) is 18.3 Å². The number of ether oxygens (including phenoxy) is 1. The summed E-state index contributed by atoms with van der Waals surface area (Å²) < 4.78 is 82.7. The first-order valence-corrected chi connectivity index (χ1v) is 8.94. The molecule has 0 aromatic heterocycles. The summed E-state index contributed by atoms with van der Waals surface area (Å²) in [5.74, 6) is 2.82. The molecule has 1 saturated heterocycles. The smallest absolute Gasteiger partial charge is 0.416 e. The third kappa shape index (κ3) is 4.97. The average Bonchev–Trinajstić information content (AvgIpc) is 3.06.